The Bertz CT molecular complexity index is 1050. The normalized spacial score (nSPS) is 23.2. The monoisotopic (exact) mass is 518 g/mol. The lowest BCUT2D eigenvalue weighted by atomic mass is 9.98. The van der Waals surface area contributed by atoms with E-state index in [4.69, 9.17) is 23.7 Å². The summed E-state index contributed by atoms with van der Waals surface area (Å²) in [6.07, 6.45) is -0.137. The summed E-state index contributed by atoms with van der Waals surface area (Å²) in [5.74, 6) is 0. The van der Waals surface area contributed by atoms with Crippen LogP contribution in [-0.4, -0.2) is 49.0 Å². The average molecular weight is 519 g/mol. The van der Waals surface area contributed by atoms with Crippen LogP contribution in [0.4, 0.5) is 0 Å². The van der Waals surface area contributed by atoms with Gasteiger partial charge in [0.1, 0.15) is 24.4 Å². The predicted molar refractivity (Wildman–Crippen MR) is 146 cm³/mol. The molecule has 3 unspecified atom stereocenters. The van der Waals surface area contributed by atoms with Gasteiger partial charge in [0.2, 0.25) is 0 Å². The van der Waals surface area contributed by atoms with Gasteiger partial charge in [-0.25, -0.2) is 0 Å². The third-order valence-electron chi connectivity index (χ3n) is 6.42. The van der Waals surface area contributed by atoms with E-state index >= 15 is 0 Å². The summed E-state index contributed by atoms with van der Waals surface area (Å²) >= 11 is 0. The van der Waals surface area contributed by atoms with Crippen LogP contribution in [0.15, 0.2) is 104 Å². The SMILES string of the molecule is C=CCCCO[C@@H]1OC(COCc2ccccc2)[C@@H](O)C(OCc2ccccc2)C1OCc1ccccc1. The van der Waals surface area contributed by atoms with Crippen molar-refractivity contribution in [2.45, 2.75) is 63.4 Å². The topological polar surface area (TPSA) is 66.4 Å². The molecule has 1 aliphatic heterocycles. The van der Waals surface area contributed by atoms with E-state index < -0.39 is 30.7 Å². The van der Waals surface area contributed by atoms with Gasteiger partial charge in [-0.05, 0) is 29.5 Å². The second-order valence-electron chi connectivity index (χ2n) is 9.36. The number of aliphatic hydroxyl groups is 1. The van der Waals surface area contributed by atoms with Gasteiger partial charge in [-0.3, -0.25) is 0 Å². The van der Waals surface area contributed by atoms with Crippen molar-refractivity contribution in [3.8, 4) is 0 Å². The van der Waals surface area contributed by atoms with E-state index in [1.807, 2.05) is 97.1 Å². The van der Waals surface area contributed by atoms with Crippen molar-refractivity contribution in [2.75, 3.05) is 13.2 Å². The molecule has 0 saturated carbocycles. The molecule has 1 N–H and O–H groups in total. The average Bonchev–Trinajstić information content (AvgIpc) is 2.96. The fraction of sp³-hybridized carbons (Fsp3) is 0.375. The van der Waals surface area contributed by atoms with E-state index in [1.165, 1.54) is 0 Å². The van der Waals surface area contributed by atoms with Crippen LogP contribution in [0.1, 0.15) is 29.5 Å². The molecule has 0 aliphatic carbocycles. The third-order valence-corrected chi connectivity index (χ3v) is 6.42. The first kappa shape index (κ1) is 28.2. The maximum Gasteiger partial charge on any atom is 0.186 e. The zero-order valence-electron chi connectivity index (χ0n) is 21.8. The van der Waals surface area contributed by atoms with Gasteiger partial charge in [-0.1, -0.05) is 97.1 Å². The van der Waals surface area contributed by atoms with E-state index in [0.717, 1.165) is 29.5 Å². The highest BCUT2D eigenvalue weighted by Gasteiger charge is 2.47. The summed E-state index contributed by atoms with van der Waals surface area (Å²) in [5.41, 5.74) is 3.08. The van der Waals surface area contributed by atoms with Gasteiger partial charge in [0.25, 0.3) is 0 Å². The Morgan fingerprint density at radius 2 is 1.24 bits per heavy atom. The van der Waals surface area contributed by atoms with Crippen molar-refractivity contribution < 1.29 is 28.8 Å². The van der Waals surface area contributed by atoms with Crippen molar-refractivity contribution >= 4 is 0 Å². The molecule has 3 aromatic carbocycles. The molecular formula is C32H38O6. The molecule has 0 spiro atoms. The summed E-state index contributed by atoms with van der Waals surface area (Å²) in [6.45, 7) is 5.54. The molecule has 5 atom stereocenters. The largest absolute Gasteiger partial charge is 0.387 e. The van der Waals surface area contributed by atoms with Gasteiger partial charge < -0.3 is 28.8 Å². The standard InChI is InChI=1S/C32H38O6/c1-2-3-13-20-35-32-31(37-23-27-18-11-6-12-19-27)30(36-22-26-16-9-5-10-17-26)29(33)28(38-32)24-34-21-25-14-7-4-8-15-25/h2,4-12,14-19,28-33H,1,3,13,20-24H2/t28?,29-,30?,31?,32-/m1/s1. The molecule has 1 heterocycles. The zero-order chi connectivity index (χ0) is 26.4. The highest BCUT2D eigenvalue weighted by molar-refractivity contribution is 5.15. The predicted octanol–water partition coefficient (Wildman–Crippen LogP) is 5.44. The maximum absolute atomic E-state index is 11.4. The van der Waals surface area contributed by atoms with E-state index in [9.17, 15) is 5.11 Å². The molecule has 1 aliphatic rings. The van der Waals surface area contributed by atoms with E-state index in [-0.39, 0.29) is 6.61 Å². The first-order chi connectivity index (χ1) is 18.7. The lowest BCUT2D eigenvalue weighted by molar-refractivity contribution is -0.321. The fourth-order valence-electron chi connectivity index (χ4n) is 4.36. The molecule has 6 heteroatoms. The minimum Gasteiger partial charge on any atom is -0.387 e. The van der Waals surface area contributed by atoms with Crippen LogP contribution in [0.3, 0.4) is 0 Å². The summed E-state index contributed by atoms with van der Waals surface area (Å²) in [4.78, 5) is 0. The number of benzene rings is 3. The summed E-state index contributed by atoms with van der Waals surface area (Å²) in [7, 11) is 0. The minimum atomic E-state index is -0.969. The van der Waals surface area contributed by atoms with Gasteiger partial charge in [-0.15, -0.1) is 6.58 Å². The number of unbranched alkanes of at least 4 members (excludes halogenated alkanes) is 1. The van der Waals surface area contributed by atoms with Crippen molar-refractivity contribution in [3.63, 3.8) is 0 Å². The summed E-state index contributed by atoms with van der Waals surface area (Å²) in [5, 5.41) is 11.4. The molecular weight excluding hydrogens is 480 g/mol. The molecule has 0 amide bonds. The van der Waals surface area contributed by atoms with Crippen LogP contribution >= 0.6 is 0 Å². The first-order valence-electron chi connectivity index (χ1n) is 13.2. The Kier molecular flexibility index (Phi) is 11.5. The van der Waals surface area contributed by atoms with Crippen LogP contribution in [0.25, 0.3) is 0 Å². The van der Waals surface area contributed by atoms with Gasteiger partial charge in [-0.2, -0.15) is 0 Å². The van der Waals surface area contributed by atoms with Crippen LogP contribution in [-0.2, 0) is 43.5 Å². The fourth-order valence-corrected chi connectivity index (χ4v) is 4.36. The number of aliphatic hydroxyl groups excluding tert-OH is 1. The molecule has 202 valence electrons. The quantitative estimate of drug-likeness (QED) is 0.213. The lowest BCUT2D eigenvalue weighted by Crippen LogP contribution is -2.61. The maximum atomic E-state index is 11.4. The molecule has 0 bridgehead atoms. The number of rotatable bonds is 15. The molecule has 1 fully saturated rings. The van der Waals surface area contributed by atoms with Crippen molar-refractivity contribution in [3.05, 3.63) is 120 Å². The van der Waals surface area contributed by atoms with E-state index in [1.54, 1.807) is 0 Å². The van der Waals surface area contributed by atoms with Crippen LogP contribution in [0.2, 0.25) is 0 Å². The molecule has 1 saturated heterocycles. The Morgan fingerprint density at radius 1 is 0.711 bits per heavy atom. The first-order valence-corrected chi connectivity index (χ1v) is 13.2. The van der Waals surface area contributed by atoms with Crippen molar-refractivity contribution in [1.29, 1.82) is 0 Å². The number of hydrogen-bond donors (Lipinski definition) is 1. The van der Waals surface area contributed by atoms with Gasteiger partial charge >= 0.3 is 0 Å². The lowest BCUT2D eigenvalue weighted by Gasteiger charge is -2.44. The Morgan fingerprint density at radius 3 is 1.79 bits per heavy atom. The van der Waals surface area contributed by atoms with Crippen molar-refractivity contribution in [1.82, 2.24) is 0 Å². The summed E-state index contributed by atoms with van der Waals surface area (Å²) < 4.78 is 31.1. The van der Waals surface area contributed by atoms with Crippen LogP contribution < -0.4 is 0 Å². The summed E-state index contributed by atoms with van der Waals surface area (Å²) in [6, 6.07) is 29.7. The molecule has 4 rings (SSSR count). The third kappa shape index (κ3) is 8.60. The highest BCUT2D eigenvalue weighted by atomic mass is 16.7. The molecule has 6 nitrogen and oxygen atoms in total. The Balaban J connectivity index is 1.49. The second kappa shape index (κ2) is 15.5. The number of allylic oxidation sites excluding steroid dienone is 1. The molecule has 0 aromatic heterocycles. The smallest absolute Gasteiger partial charge is 0.186 e. The molecule has 0 radical (unpaired) electrons. The zero-order valence-corrected chi connectivity index (χ0v) is 21.8. The Hall–Kier alpha value is -2.84. The molecule has 3 aromatic rings. The van der Waals surface area contributed by atoms with Crippen LogP contribution in [0, 0.1) is 0 Å². The van der Waals surface area contributed by atoms with Gasteiger partial charge in [0, 0.05) is 0 Å². The number of ether oxygens (including phenoxy) is 5. The second-order valence-corrected chi connectivity index (χ2v) is 9.36. The van der Waals surface area contributed by atoms with Gasteiger partial charge in [0.15, 0.2) is 6.29 Å². The minimum absolute atomic E-state index is 0.194. The number of hydrogen-bond acceptors (Lipinski definition) is 6. The Labute approximate surface area is 225 Å². The van der Waals surface area contributed by atoms with E-state index in [0.29, 0.717) is 26.4 Å². The van der Waals surface area contributed by atoms with Crippen molar-refractivity contribution in [2.24, 2.45) is 0 Å². The highest BCUT2D eigenvalue weighted by Crippen LogP contribution is 2.29. The van der Waals surface area contributed by atoms with Gasteiger partial charge in [0.05, 0.1) is 33.0 Å². The van der Waals surface area contributed by atoms with E-state index in [2.05, 4.69) is 6.58 Å². The molecule has 38 heavy (non-hydrogen) atoms. The van der Waals surface area contributed by atoms with Crippen LogP contribution in [0.5, 0.6) is 0 Å².